The number of fused-ring (bicyclic) bond motifs is 4. The Bertz CT molecular complexity index is 584. The quantitative estimate of drug-likeness (QED) is 0.519. The van der Waals surface area contributed by atoms with E-state index in [1.807, 2.05) is 0 Å². The van der Waals surface area contributed by atoms with Gasteiger partial charge in [-0.15, -0.1) is 0 Å². The molecule has 0 spiro atoms. The van der Waals surface area contributed by atoms with Crippen LogP contribution in [0, 0.1) is 0 Å². The normalized spacial score (nSPS) is 11.6. The van der Waals surface area contributed by atoms with Crippen LogP contribution in [0.1, 0.15) is 31.7 Å². The van der Waals surface area contributed by atoms with Gasteiger partial charge in [-0.05, 0) is 46.7 Å². The summed E-state index contributed by atoms with van der Waals surface area (Å²) in [6, 6.07) is 12.9. The van der Waals surface area contributed by atoms with Crippen LogP contribution in [0.15, 0.2) is 36.4 Å². The van der Waals surface area contributed by atoms with Gasteiger partial charge in [0, 0.05) is 5.69 Å². The molecule has 0 aromatic heterocycles. The van der Waals surface area contributed by atoms with Gasteiger partial charge in [0.15, 0.2) is 0 Å². The molecule has 1 aliphatic carbocycles. The van der Waals surface area contributed by atoms with Gasteiger partial charge in [-0.25, -0.2) is 0 Å². The van der Waals surface area contributed by atoms with E-state index >= 15 is 0 Å². The highest BCUT2D eigenvalue weighted by atomic mass is 14.6. The molecule has 0 aliphatic heterocycles. The molecule has 0 atom stereocenters. The lowest BCUT2D eigenvalue weighted by Gasteiger charge is -2.27. The summed E-state index contributed by atoms with van der Waals surface area (Å²) < 4.78 is 0. The fourth-order valence-electron chi connectivity index (χ4n) is 2.89. The molecule has 18 heavy (non-hydrogen) atoms. The van der Waals surface area contributed by atoms with Crippen LogP contribution in [0.3, 0.4) is 0 Å². The van der Waals surface area contributed by atoms with E-state index in [-0.39, 0.29) is 0 Å². The highest BCUT2D eigenvalue weighted by molar-refractivity contribution is 6.05. The SMILES string of the molecule is CCCCCc1c(N)ccc2c1-c1ccccc1-2. The first kappa shape index (κ1) is 11.3. The Labute approximate surface area is 109 Å². The third kappa shape index (κ3) is 1.62. The van der Waals surface area contributed by atoms with Crippen molar-refractivity contribution < 1.29 is 0 Å². The molecule has 0 amide bonds. The number of nitrogen functional groups attached to an aromatic ring is 1. The van der Waals surface area contributed by atoms with Crippen molar-refractivity contribution in [3.8, 4) is 22.3 Å². The minimum atomic E-state index is 0.958. The van der Waals surface area contributed by atoms with Crippen LogP contribution in [-0.4, -0.2) is 0 Å². The van der Waals surface area contributed by atoms with Crippen molar-refractivity contribution in [3.05, 3.63) is 42.0 Å². The maximum Gasteiger partial charge on any atom is 0.0353 e. The first-order chi connectivity index (χ1) is 8.83. The standard InChI is InChI=1S/C17H19N/c1-2-3-4-9-15-16(18)11-10-14-12-7-5-6-8-13(12)17(14)15/h5-8,10-11H,2-4,9,18H2,1H3. The van der Waals surface area contributed by atoms with Crippen LogP contribution in [0.4, 0.5) is 5.69 Å². The van der Waals surface area contributed by atoms with Gasteiger partial charge in [0.25, 0.3) is 0 Å². The van der Waals surface area contributed by atoms with Crippen molar-refractivity contribution in [1.82, 2.24) is 0 Å². The minimum Gasteiger partial charge on any atom is -0.398 e. The second-order valence-corrected chi connectivity index (χ2v) is 5.06. The fourth-order valence-corrected chi connectivity index (χ4v) is 2.89. The Kier molecular flexibility index (Phi) is 2.83. The maximum atomic E-state index is 6.16. The van der Waals surface area contributed by atoms with Gasteiger partial charge in [-0.2, -0.15) is 0 Å². The molecule has 0 fully saturated rings. The Morgan fingerprint density at radius 2 is 1.67 bits per heavy atom. The second-order valence-electron chi connectivity index (χ2n) is 5.06. The summed E-state index contributed by atoms with van der Waals surface area (Å²) in [7, 11) is 0. The monoisotopic (exact) mass is 237 g/mol. The number of unbranched alkanes of at least 4 members (excludes halogenated alkanes) is 2. The molecule has 0 heterocycles. The van der Waals surface area contributed by atoms with E-state index in [1.54, 1.807) is 0 Å². The molecule has 2 aromatic carbocycles. The minimum absolute atomic E-state index is 0.958. The van der Waals surface area contributed by atoms with Crippen LogP contribution in [0.25, 0.3) is 22.3 Å². The van der Waals surface area contributed by atoms with E-state index < -0.39 is 0 Å². The average Bonchev–Trinajstić information content (AvgIpc) is 2.38. The van der Waals surface area contributed by atoms with Crippen LogP contribution in [-0.2, 0) is 6.42 Å². The Balaban J connectivity index is 1.99. The average molecular weight is 237 g/mol. The molecule has 2 aromatic rings. The number of hydrogen-bond acceptors (Lipinski definition) is 1. The summed E-state index contributed by atoms with van der Waals surface area (Å²) >= 11 is 0. The highest BCUT2D eigenvalue weighted by Gasteiger charge is 2.25. The fraction of sp³-hybridized carbons (Fsp3) is 0.294. The zero-order valence-electron chi connectivity index (χ0n) is 10.9. The maximum absolute atomic E-state index is 6.16. The zero-order chi connectivity index (χ0) is 12.5. The van der Waals surface area contributed by atoms with Crippen molar-refractivity contribution in [2.45, 2.75) is 32.6 Å². The van der Waals surface area contributed by atoms with Crippen LogP contribution in [0.5, 0.6) is 0 Å². The molecule has 0 saturated carbocycles. The first-order valence-electron chi connectivity index (χ1n) is 6.84. The summed E-state index contributed by atoms with van der Waals surface area (Å²) in [6.07, 6.45) is 4.88. The topological polar surface area (TPSA) is 26.0 Å². The van der Waals surface area contributed by atoms with Gasteiger partial charge in [-0.1, -0.05) is 50.1 Å². The van der Waals surface area contributed by atoms with Crippen LogP contribution < -0.4 is 5.73 Å². The molecular formula is C17H19N. The molecule has 0 radical (unpaired) electrons. The first-order valence-corrected chi connectivity index (χ1v) is 6.84. The van der Waals surface area contributed by atoms with Gasteiger partial charge >= 0.3 is 0 Å². The number of nitrogens with two attached hydrogens (primary N) is 1. The molecule has 92 valence electrons. The van der Waals surface area contributed by atoms with Gasteiger partial charge in [-0.3, -0.25) is 0 Å². The largest absolute Gasteiger partial charge is 0.398 e. The smallest absolute Gasteiger partial charge is 0.0353 e. The highest BCUT2D eigenvalue weighted by Crippen LogP contribution is 2.50. The van der Waals surface area contributed by atoms with E-state index in [1.165, 1.54) is 47.1 Å². The van der Waals surface area contributed by atoms with Gasteiger partial charge < -0.3 is 5.73 Å². The van der Waals surface area contributed by atoms with E-state index in [2.05, 4.69) is 43.3 Å². The second kappa shape index (κ2) is 4.49. The van der Waals surface area contributed by atoms with Gasteiger partial charge in [0.2, 0.25) is 0 Å². The molecule has 1 heteroatoms. The summed E-state index contributed by atoms with van der Waals surface area (Å²) in [5.41, 5.74) is 14.0. The molecule has 0 unspecified atom stereocenters. The number of hydrogen-bond donors (Lipinski definition) is 1. The lowest BCUT2D eigenvalue weighted by atomic mass is 9.76. The summed E-state index contributed by atoms with van der Waals surface area (Å²) in [4.78, 5) is 0. The van der Waals surface area contributed by atoms with Crippen molar-refractivity contribution in [1.29, 1.82) is 0 Å². The summed E-state index contributed by atoms with van der Waals surface area (Å²) in [5.74, 6) is 0. The number of rotatable bonds is 4. The van der Waals surface area contributed by atoms with Crippen LogP contribution >= 0.6 is 0 Å². The third-order valence-corrected chi connectivity index (χ3v) is 3.87. The van der Waals surface area contributed by atoms with Crippen molar-refractivity contribution in [2.75, 3.05) is 5.73 Å². The summed E-state index contributed by atoms with van der Waals surface area (Å²) in [5, 5.41) is 0. The van der Waals surface area contributed by atoms with Gasteiger partial charge in [0.05, 0.1) is 0 Å². The molecule has 2 N–H and O–H groups in total. The number of benzene rings is 2. The molecule has 1 aliphatic rings. The Morgan fingerprint density at radius 3 is 2.44 bits per heavy atom. The lowest BCUT2D eigenvalue weighted by molar-refractivity contribution is 0.719. The molecule has 1 nitrogen and oxygen atoms in total. The Morgan fingerprint density at radius 1 is 0.889 bits per heavy atom. The predicted molar refractivity (Wildman–Crippen MR) is 78.5 cm³/mol. The molecule has 3 rings (SSSR count). The van der Waals surface area contributed by atoms with E-state index in [0.29, 0.717) is 0 Å². The summed E-state index contributed by atoms with van der Waals surface area (Å²) in [6.45, 7) is 2.24. The lowest BCUT2D eigenvalue weighted by Crippen LogP contribution is -2.06. The number of anilines is 1. The van der Waals surface area contributed by atoms with Crippen molar-refractivity contribution in [3.63, 3.8) is 0 Å². The van der Waals surface area contributed by atoms with Crippen LogP contribution in [0.2, 0.25) is 0 Å². The molecular weight excluding hydrogens is 218 g/mol. The van der Waals surface area contributed by atoms with Crippen molar-refractivity contribution >= 4 is 5.69 Å². The predicted octanol–water partition coefficient (Wildman–Crippen LogP) is 4.65. The van der Waals surface area contributed by atoms with E-state index in [9.17, 15) is 0 Å². The third-order valence-electron chi connectivity index (χ3n) is 3.87. The zero-order valence-corrected chi connectivity index (χ0v) is 10.9. The molecule has 0 saturated heterocycles. The van der Waals surface area contributed by atoms with Crippen molar-refractivity contribution in [2.24, 2.45) is 0 Å². The molecule has 0 bridgehead atoms. The Hall–Kier alpha value is -1.76. The van der Waals surface area contributed by atoms with E-state index in [4.69, 9.17) is 5.73 Å². The van der Waals surface area contributed by atoms with E-state index in [0.717, 1.165) is 12.1 Å². The van der Waals surface area contributed by atoms with Gasteiger partial charge in [0.1, 0.15) is 0 Å².